The predicted molar refractivity (Wildman–Crippen MR) is 84.0 cm³/mol. The molecule has 2 aromatic carbocycles. The Morgan fingerprint density at radius 2 is 1.62 bits per heavy atom. The minimum Gasteiger partial charge on any atom is -0.367 e. The molecule has 4 heteroatoms. The van der Waals surface area contributed by atoms with E-state index < -0.39 is 0 Å². The second-order valence-corrected chi connectivity index (χ2v) is 5.21. The normalized spacial score (nSPS) is 12.9. The number of benzene rings is 2. The van der Waals surface area contributed by atoms with E-state index in [0.717, 1.165) is 35.6 Å². The van der Waals surface area contributed by atoms with E-state index >= 15 is 0 Å². The minimum atomic E-state index is 0.885. The number of aromatic nitrogens is 3. The third kappa shape index (κ3) is 1.83. The van der Waals surface area contributed by atoms with E-state index in [0.29, 0.717) is 0 Å². The van der Waals surface area contributed by atoms with Crippen molar-refractivity contribution in [2.45, 2.75) is 13.5 Å². The molecule has 0 radical (unpaired) electrons. The highest BCUT2D eigenvalue weighted by molar-refractivity contribution is 5.87. The molecule has 0 aliphatic carbocycles. The van der Waals surface area contributed by atoms with Gasteiger partial charge in [-0.2, -0.15) is 15.4 Å². The van der Waals surface area contributed by atoms with Gasteiger partial charge in [0.1, 0.15) is 11.4 Å². The van der Waals surface area contributed by atoms with Crippen molar-refractivity contribution in [2.75, 3.05) is 11.4 Å². The molecule has 2 heterocycles. The van der Waals surface area contributed by atoms with Gasteiger partial charge >= 0.3 is 0 Å². The van der Waals surface area contributed by atoms with E-state index in [9.17, 15) is 0 Å². The standard InChI is InChI=1S/C17H16N4/c1-2-21-11-12-7-3-4-8-13(12)16-17(19-20-18-16)14-9-5-6-10-15(14)21/h3-10H,2,11H2,1H3,(H,18,19,20). The van der Waals surface area contributed by atoms with Gasteiger partial charge in [-0.1, -0.05) is 42.5 Å². The molecule has 0 saturated heterocycles. The number of H-pyrrole nitrogens is 1. The van der Waals surface area contributed by atoms with Crippen molar-refractivity contribution in [3.05, 3.63) is 54.1 Å². The summed E-state index contributed by atoms with van der Waals surface area (Å²) in [5, 5.41) is 11.6. The lowest BCUT2D eigenvalue weighted by Crippen LogP contribution is -2.24. The summed E-state index contributed by atoms with van der Waals surface area (Å²) in [6, 6.07) is 16.8. The Kier molecular flexibility index (Phi) is 2.74. The molecule has 21 heavy (non-hydrogen) atoms. The summed E-state index contributed by atoms with van der Waals surface area (Å²) < 4.78 is 0. The maximum atomic E-state index is 4.40. The van der Waals surface area contributed by atoms with Crippen molar-refractivity contribution in [3.8, 4) is 22.5 Å². The Labute approximate surface area is 123 Å². The first-order valence-electron chi connectivity index (χ1n) is 7.22. The fraction of sp³-hybridized carbons (Fsp3) is 0.176. The fourth-order valence-corrected chi connectivity index (χ4v) is 3.02. The van der Waals surface area contributed by atoms with Gasteiger partial charge in [0.25, 0.3) is 0 Å². The number of nitrogens with zero attached hydrogens (tertiary/aromatic N) is 3. The molecule has 0 atom stereocenters. The van der Waals surface area contributed by atoms with Gasteiger partial charge in [-0.3, -0.25) is 0 Å². The molecule has 1 aliphatic heterocycles. The van der Waals surface area contributed by atoms with Crippen LogP contribution in [0.25, 0.3) is 22.5 Å². The summed E-state index contributed by atoms with van der Waals surface area (Å²) in [4.78, 5) is 2.38. The second kappa shape index (κ2) is 4.74. The van der Waals surface area contributed by atoms with Crippen LogP contribution in [0.5, 0.6) is 0 Å². The molecule has 1 aromatic heterocycles. The first-order chi connectivity index (χ1) is 10.4. The van der Waals surface area contributed by atoms with Gasteiger partial charge in [-0.05, 0) is 18.6 Å². The van der Waals surface area contributed by atoms with Crippen LogP contribution in [0.15, 0.2) is 48.5 Å². The zero-order valence-electron chi connectivity index (χ0n) is 11.9. The topological polar surface area (TPSA) is 44.8 Å². The third-order valence-corrected chi connectivity index (χ3v) is 4.06. The van der Waals surface area contributed by atoms with Gasteiger partial charge in [0.2, 0.25) is 0 Å². The van der Waals surface area contributed by atoms with Crippen molar-refractivity contribution in [2.24, 2.45) is 0 Å². The Balaban J connectivity index is 2.05. The van der Waals surface area contributed by atoms with E-state index in [4.69, 9.17) is 0 Å². The molecule has 4 nitrogen and oxygen atoms in total. The van der Waals surface area contributed by atoms with Gasteiger partial charge < -0.3 is 4.90 Å². The van der Waals surface area contributed by atoms with Crippen LogP contribution >= 0.6 is 0 Å². The first kappa shape index (κ1) is 12.1. The summed E-state index contributed by atoms with van der Waals surface area (Å²) in [7, 11) is 0. The molecule has 0 amide bonds. The summed E-state index contributed by atoms with van der Waals surface area (Å²) in [5.41, 5.74) is 6.66. The highest BCUT2D eigenvalue weighted by atomic mass is 15.3. The van der Waals surface area contributed by atoms with Crippen LogP contribution < -0.4 is 4.90 Å². The quantitative estimate of drug-likeness (QED) is 0.740. The third-order valence-electron chi connectivity index (χ3n) is 4.06. The Bertz CT molecular complexity index is 791. The van der Waals surface area contributed by atoms with Crippen LogP contribution in [-0.2, 0) is 6.54 Å². The SMILES string of the molecule is CCN1Cc2ccccc2-c2n[nH]nc2-c2ccccc21. The van der Waals surface area contributed by atoms with E-state index in [1.54, 1.807) is 0 Å². The molecule has 3 aromatic rings. The van der Waals surface area contributed by atoms with E-state index in [2.05, 4.69) is 75.8 Å². The number of aromatic amines is 1. The largest absolute Gasteiger partial charge is 0.367 e. The Morgan fingerprint density at radius 3 is 2.43 bits per heavy atom. The van der Waals surface area contributed by atoms with E-state index in [1.807, 2.05) is 0 Å². The monoisotopic (exact) mass is 276 g/mol. The number of fused-ring (bicyclic) bond motifs is 5. The maximum absolute atomic E-state index is 4.40. The number of para-hydroxylation sites is 1. The second-order valence-electron chi connectivity index (χ2n) is 5.21. The van der Waals surface area contributed by atoms with Crippen LogP contribution in [0.3, 0.4) is 0 Å². The van der Waals surface area contributed by atoms with Gasteiger partial charge in [0.05, 0.1) is 0 Å². The maximum Gasteiger partial charge on any atom is 0.122 e. The molecular formula is C17H16N4. The minimum absolute atomic E-state index is 0.885. The highest BCUT2D eigenvalue weighted by Gasteiger charge is 2.23. The van der Waals surface area contributed by atoms with Crippen LogP contribution in [0.2, 0.25) is 0 Å². The Hall–Kier alpha value is -2.62. The van der Waals surface area contributed by atoms with Crippen molar-refractivity contribution < 1.29 is 0 Å². The van der Waals surface area contributed by atoms with Crippen molar-refractivity contribution in [1.82, 2.24) is 15.4 Å². The zero-order chi connectivity index (χ0) is 14.2. The molecule has 1 aliphatic rings. The van der Waals surface area contributed by atoms with Crippen LogP contribution in [-0.4, -0.2) is 22.0 Å². The number of hydrogen-bond donors (Lipinski definition) is 1. The molecule has 0 fully saturated rings. The van der Waals surface area contributed by atoms with Gasteiger partial charge in [0, 0.05) is 29.9 Å². The molecule has 4 rings (SSSR count). The van der Waals surface area contributed by atoms with Crippen molar-refractivity contribution in [1.29, 1.82) is 0 Å². The number of hydrogen-bond acceptors (Lipinski definition) is 3. The lowest BCUT2D eigenvalue weighted by atomic mass is 9.96. The number of rotatable bonds is 1. The fourth-order valence-electron chi connectivity index (χ4n) is 3.02. The van der Waals surface area contributed by atoms with Crippen LogP contribution in [0.4, 0.5) is 5.69 Å². The van der Waals surface area contributed by atoms with E-state index in [1.165, 1.54) is 11.3 Å². The van der Waals surface area contributed by atoms with Gasteiger partial charge in [-0.25, -0.2) is 0 Å². The van der Waals surface area contributed by atoms with Crippen LogP contribution in [0.1, 0.15) is 12.5 Å². The molecule has 0 bridgehead atoms. The molecule has 0 spiro atoms. The molecular weight excluding hydrogens is 260 g/mol. The number of anilines is 1. The molecule has 0 saturated carbocycles. The van der Waals surface area contributed by atoms with Crippen molar-refractivity contribution >= 4 is 5.69 Å². The van der Waals surface area contributed by atoms with Crippen LogP contribution in [0, 0.1) is 0 Å². The lowest BCUT2D eigenvalue weighted by molar-refractivity contribution is 0.832. The molecule has 104 valence electrons. The first-order valence-corrected chi connectivity index (χ1v) is 7.22. The number of nitrogens with one attached hydrogen (secondary N) is 1. The summed E-state index contributed by atoms with van der Waals surface area (Å²) >= 11 is 0. The predicted octanol–water partition coefficient (Wildman–Crippen LogP) is 3.48. The molecule has 1 N–H and O–H groups in total. The molecule has 0 unspecified atom stereocenters. The summed E-state index contributed by atoms with van der Waals surface area (Å²) in [5.74, 6) is 0. The smallest absolute Gasteiger partial charge is 0.122 e. The summed E-state index contributed by atoms with van der Waals surface area (Å²) in [6.07, 6.45) is 0. The lowest BCUT2D eigenvalue weighted by Gasteiger charge is -2.28. The van der Waals surface area contributed by atoms with Gasteiger partial charge in [0.15, 0.2) is 0 Å². The average molecular weight is 276 g/mol. The Morgan fingerprint density at radius 1 is 0.952 bits per heavy atom. The van der Waals surface area contributed by atoms with Gasteiger partial charge in [-0.15, -0.1) is 0 Å². The van der Waals surface area contributed by atoms with Crippen molar-refractivity contribution in [3.63, 3.8) is 0 Å². The average Bonchev–Trinajstić information content (AvgIpc) is 3.00. The summed E-state index contributed by atoms with van der Waals surface area (Å²) in [6.45, 7) is 4.03. The highest BCUT2D eigenvalue weighted by Crippen LogP contribution is 2.39. The zero-order valence-corrected chi connectivity index (χ0v) is 11.9. The van der Waals surface area contributed by atoms with E-state index in [-0.39, 0.29) is 0 Å².